The Morgan fingerprint density at radius 3 is 1.03 bits per heavy atom. The highest BCUT2D eigenvalue weighted by molar-refractivity contribution is 5.28. The Balaban J connectivity index is 0.000000185. The van der Waals surface area contributed by atoms with Crippen molar-refractivity contribution >= 4 is 0 Å². The fourth-order valence-corrected chi connectivity index (χ4v) is 7.27. The zero-order chi connectivity index (χ0) is 20.9. The Morgan fingerprint density at radius 1 is 0.500 bits per heavy atom. The molecule has 1 aromatic rings. The molecule has 0 unspecified atom stereocenters. The minimum Gasteiger partial charge on any atom is -0.0613 e. The van der Waals surface area contributed by atoms with Gasteiger partial charge in [-0.3, -0.25) is 0 Å². The van der Waals surface area contributed by atoms with Gasteiger partial charge in [0, 0.05) is 0 Å². The lowest BCUT2D eigenvalue weighted by Gasteiger charge is -2.43. The Morgan fingerprint density at radius 2 is 0.800 bits per heavy atom. The van der Waals surface area contributed by atoms with Gasteiger partial charge in [-0.05, 0) is 113 Å². The van der Waals surface area contributed by atoms with Crippen LogP contribution in [0.1, 0.15) is 114 Å². The molecule has 0 N–H and O–H groups in total. The quantitative estimate of drug-likeness (QED) is 0.466. The molecule has 4 aliphatic carbocycles. The molecule has 4 aliphatic rings. The summed E-state index contributed by atoms with van der Waals surface area (Å²) in [5, 5.41) is 0. The first kappa shape index (κ1) is 22.4. The van der Waals surface area contributed by atoms with E-state index in [-0.39, 0.29) is 0 Å². The van der Waals surface area contributed by atoms with Crippen LogP contribution < -0.4 is 0 Å². The van der Waals surface area contributed by atoms with Crippen LogP contribution >= 0.6 is 0 Å². The Kier molecular flexibility index (Phi) is 7.99. The molecule has 1 aromatic carbocycles. The molecule has 0 bridgehead atoms. The number of benzene rings is 1. The van der Waals surface area contributed by atoms with Crippen LogP contribution in [-0.2, 0) is 6.42 Å². The lowest BCUT2D eigenvalue weighted by atomic mass is 9.62. The van der Waals surface area contributed by atoms with Crippen LogP contribution in [0.3, 0.4) is 0 Å². The topological polar surface area (TPSA) is 0 Å². The second-order valence-corrected chi connectivity index (χ2v) is 11.6. The standard InChI is InChI=1S/C20H34.C10H14/c1-3-15(4-1)17-7-11-19(12-8-17)20-13-9-18(10-14-20)16-5-2-6-16;1-4-10-6-8(2)5-9(3)7-10/h15-20H,1-14H2;5-7H,4H2,1-3H3. The Bertz CT molecular complexity index is 582. The molecule has 0 radical (unpaired) electrons. The van der Waals surface area contributed by atoms with Gasteiger partial charge in [0.25, 0.3) is 0 Å². The van der Waals surface area contributed by atoms with Crippen molar-refractivity contribution in [2.24, 2.45) is 35.5 Å². The molecule has 0 heteroatoms. The summed E-state index contributed by atoms with van der Waals surface area (Å²) in [6.07, 6.45) is 23.3. The molecule has 0 saturated heterocycles. The average molecular weight is 409 g/mol. The van der Waals surface area contributed by atoms with Crippen LogP contribution in [0.2, 0.25) is 0 Å². The second kappa shape index (κ2) is 10.7. The van der Waals surface area contributed by atoms with E-state index < -0.39 is 0 Å². The summed E-state index contributed by atoms with van der Waals surface area (Å²) in [6, 6.07) is 6.69. The van der Waals surface area contributed by atoms with Gasteiger partial charge < -0.3 is 0 Å². The Labute approximate surface area is 187 Å². The second-order valence-electron chi connectivity index (χ2n) is 11.6. The fourth-order valence-electron chi connectivity index (χ4n) is 7.27. The molecular weight excluding hydrogens is 360 g/mol. The molecular formula is C30H48. The molecule has 0 amide bonds. The molecule has 30 heavy (non-hydrogen) atoms. The maximum Gasteiger partial charge on any atom is -0.0307 e. The minimum absolute atomic E-state index is 1.13. The van der Waals surface area contributed by atoms with Crippen molar-refractivity contribution in [2.75, 3.05) is 0 Å². The third-order valence-corrected chi connectivity index (χ3v) is 9.62. The summed E-state index contributed by atoms with van der Waals surface area (Å²) in [5.41, 5.74) is 4.19. The Hall–Kier alpha value is -0.780. The SMILES string of the molecule is C1CC(C2CCC(C3CCC(C4CCC4)CC3)CC2)C1.CCc1cc(C)cc(C)c1. The van der Waals surface area contributed by atoms with Crippen molar-refractivity contribution in [1.82, 2.24) is 0 Å². The van der Waals surface area contributed by atoms with Gasteiger partial charge in [0.15, 0.2) is 0 Å². The summed E-state index contributed by atoms with van der Waals surface area (Å²) in [6.45, 7) is 6.48. The van der Waals surface area contributed by atoms with Crippen molar-refractivity contribution in [3.8, 4) is 0 Å². The van der Waals surface area contributed by atoms with Crippen LogP contribution in [0, 0.1) is 49.4 Å². The molecule has 0 heterocycles. The summed E-state index contributed by atoms with van der Waals surface area (Å²) in [4.78, 5) is 0. The van der Waals surface area contributed by atoms with Gasteiger partial charge in [0.2, 0.25) is 0 Å². The molecule has 4 saturated carbocycles. The highest BCUT2D eigenvalue weighted by Crippen LogP contribution is 2.48. The highest BCUT2D eigenvalue weighted by Gasteiger charge is 2.36. The fraction of sp³-hybridized carbons (Fsp3) is 0.800. The van der Waals surface area contributed by atoms with Crippen molar-refractivity contribution < 1.29 is 0 Å². The van der Waals surface area contributed by atoms with Crippen LogP contribution in [0.4, 0.5) is 0 Å². The van der Waals surface area contributed by atoms with Crippen LogP contribution in [-0.4, -0.2) is 0 Å². The van der Waals surface area contributed by atoms with Gasteiger partial charge in [-0.2, -0.15) is 0 Å². The first-order chi connectivity index (χ1) is 14.6. The van der Waals surface area contributed by atoms with Crippen molar-refractivity contribution in [3.63, 3.8) is 0 Å². The van der Waals surface area contributed by atoms with Crippen LogP contribution in [0.15, 0.2) is 18.2 Å². The van der Waals surface area contributed by atoms with Crippen LogP contribution in [0.5, 0.6) is 0 Å². The van der Waals surface area contributed by atoms with Crippen LogP contribution in [0.25, 0.3) is 0 Å². The zero-order valence-electron chi connectivity index (χ0n) is 20.3. The van der Waals surface area contributed by atoms with E-state index in [1.54, 1.807) is 77.0 Å². The first-order valence-electron chi connectivity index (χ1n) is 13.7. The summed E-state index contributed by atoms with van der Waals surface area (Å²) in [7, 11) is 0. The summed E-state index contributed by atoms with van der Waals surface area (Å²) in [5.74, 6) is 6.87. The zero-order valence-corrected chi connectivity index (χ0v) is 20.3. The molecule has 5 rings (SSSR count). The number of aryl methyl sites for hydroxylation is 3. The van der Waals surface area contributed by atoms with Crippen molar-refractivity contribution in [1.29, 1.82) is 0 Å². The monoisotopic (exact) mass is 408 g/mol. The van der Waals surface area contributed by atoms with E-state index in [2.05, 4.69) is 39.0 Å². The van der Waals surface area contributed by atoms with Crippen molar-refractivity contribution in [3.05, 3.63) is 34.9 Å². The predicted molar refractivity (Wildman–Crippen MR) is 131 cm³/mol. The van der Waals surface area contributed by atoms with Gasteiger partial charge in [0.1, 0.15) is 0 Å². The largest absolute Gasteiger partial charge is 0.0613 e. The first-order valence-corrected chi connectivity index (χ1v) is 13.7. The molecule has 0 nitrogen and oxygen atoms in total. The van der Waals surface area contributed by atoms with Gasteiger partial charge in [0.05, 0.1) is 0 Å². The minimum atomic E-state index is 1.13. The normalized spacial score (nSPS) is 32.5. The number of rotatable bonds is 4. The molecule has 0 spiro atoms. The molecule has 0 aliphatic heterocycles. The van der Waals surface area contributed by atoms with E-state index in [0.717, 1.165) is 41.9 Å². The third-order valence-electron chi connectivity index (χ3n) is 9.62. The summed E-state index contributed by atoms with van der Waals surface area (Å²) < 4.78 is 0. The molecule has 0 atom stereocenters. The predicted octanol–water partition coefficient (Wildman–Crippen LogP) is 9.07. The lowest BCUT2D eigenvalue weighted by molar-refractivity contribution is 0.0780. The highest BCUT2D eigenvalue weighted by atomic mass is 14.4. The smallest absolute Gasteiger partial charge is 0.0307 e. The van der Waals surface area contributed by atoms with Gasteiger partial charge >= 0.3 is 0 Å². The van der Waals surface area contributed by atoms with E-state index in [1.165, 1.54) is 29.5 Å². The van der Waals surface area contributed by atoms with Gasteiger partial charge in [-0.25, -0.2) is 0 Å². The van der Waals surface area contributed by atoms with E-state index in [0.29, 0.717) is 0 Å². The van der Waals surface area contributed by atoms with Gasteiger partial charge in [-0.1, -0.05) is 74.8 Å². The summed E-state index contributed by atoms with van der Waals surface area (Å²) >= 11 is 0. The van der Waals surface area contributed by atoms with Gasteiger partial charge in [-0.15, -0.1) is 0 Å². The number of hydrogen-bond donors (Lipinski definition) is 0. The molecule has 168 valence electrons. The lowest BCUT2D eigenvalue weighted by Crippen LogP contribution is -2.32. The van der Waals surface area contributed by atoms with E-state index in [1.807, 2.05) is 0 Å². The average Bonchev–Trinajstić information content (AvgIpc) is 2.66. The van der Waals surface area contributed by atoms with E-state index >= 15 is 0 Å². The number of hydrogen-bond acceptors (Lipinski definition) is 0. The third kappa shape index (κ3) is 5.72. The maximum absolute atomic E-state index is 2.24. The van der Waals surface area contributed by atoms with E-state index in [9.17, 15) is 0 Å². The maximum atomic E-state index is 2.24. The van der Waals surface area contributed by atoms with E-state index in [4.69, 9.17) is 0 Å². The molecule has 0 aromatic heterocycles. The molecule has 4 fully saturated rings. The van der Waals surface area contributed by atoms with Crippen molar-refractivity contribution in [2.45, 2.75) is 117 Å².